The zero-order chi connectivity index (χ0) is 18.7. The minimum absolute atomic E-state index is 0.0447. The largest absolute Gasteiger partial charge is 0.497 e. The lowest BCUT2D eigenvalue weighted by Gasteiger charge is -2.10. The van der Waals surface area contributed by atoms with E-state index in [1.54, 1.807) is 44.6 Å². The number of carbonyl (C=O) groups excluding carboxylic acids is 2. The number of aromatic nitrogens is 1. The summed E-state index contributed by atoms with van der Waals surface area (Å²) in [6, 6.07) is 12.5. The van der Waals surface area contributed by atoms with Crippen LogP contribution in [0.1, 0.15) is 17.3 Å². The van der Waals surface area contributed by atoms with Crippen LogP contribution in [0.3, 0.4) is 0 Å². The van der Waals surface area contributed by atoms with Crippen molar-refractivity contribution in [1.82, 2.24) is 4.57 Å². The van der Waals surface area contributed by atoms with Crippen LogP contribution in [-0.2, 0) is 11.3 Å². The molecule has 2 aromatic carbocycles. The average Bonchev–Trinajstić information content (AvgIpc) is 3.03. The topological polar surface area (TPSA) is 69.6 Å². The maximum absolute atomic E-state index is 12.4. The predicted molar refractivity (Wildman–Crippen MR) is 100 cm³/mol. The zero-order valence-corrected chi connectivity index (χ0v) is 14.9. The van der Waals surface area contributed by atoms with Crippen molar-refractivity contribution in [2.75, 3.05) is 19.5 Å². The zero-order valence-electron chi connectivity index (χ0n) is 14.9. The first kappa shape index (κ1) is 17.5. The summed E-state index contributed by atoms with van der Waals surface area (Å²) in [6.45, 7) is 1.62. The van der Waals surface area contributed by atoms with E-state index in [9.17, 15) is 9.59 Å². The van der Waals surface area contributed by atoms with Crippen LogP contribution in [0.2, 0.25) is 0 Å². The van der Waals surface area contributed by atoms with E-state index < -0.39 is 0 Å². The van der Waals surface area contributed by atoms with Crippen LogP contribution in [0.15, 0.2) is 48.7 Å². The average molecular weight is 352 g/mol. The molecule has 3 aromatic rings. The molecule has 1 heterocycles. The molecule has 0 spiro atoms. The summed E-state index contributed by atoms with van der Waals surface area (Å²) >= 11 is 0. The number of methoxy groups -OCH3 is 2. The maximum atomic E-state index is 12.4. The summed E-state index contributed by atoms with van der Waals surface area (Å²) in [5, 5.41) is 3.73. The normalized spacial score (nSPS) is 10.6. The number of ketones is 1. The van der Waals surface area contributed by atoms with E-state index in [0.29, 0.717) is 22.7 Å². The summed E-state index contributed by atoms with van der Waals surface area (Å²) in [4.78, 5) is 23.9. The highest BCUT2D eigenvalue weighted by Gasteiger charge is 2.12. The number of nitrogens with one attached hydrogen (secondary N) is 1. The van der Waals surface area contributed by atoms with Gasteiger partial charge in [-0.1, -0.05) is 12.1 Å². The molecule has 134 valence electrons. The summed E-state index contributed by atoms with van der Waals surface area (Å²) in [7, 11) is 3.18. The van der Waals surface area contributed by atoms with Crippen molar-refractivity contribution in [1.29, 1.82) is 0 Å². The predicted octanol–water partition coefficient (Wildman–Crippen LogP) is 3.50. The Morgan fingerprint density at radius 1 is 1.08 bits per heavy atom. The number of anilines is 1. The van der Waals surface area contributed by atoms with Crippen molar-refractivity contribution in [3.63, 3.8) is 0 Å². The van der Waals surface area contributed by atoms with Crippen LogP contribution in [0, 0.1) is 0 Å². The molecule has 0 aliphatic rings. The maximum Gasteiger partial charge on any atom is 0.244 e. The first-order valence-electron chi connectivity index (χ1n) is 8.13. The van der Waals surface area contributed by atoms with Crippen molar-refractivity contribution >= 4 is 28.3 Å². The van der Waals surface area contributed by atoms with Gasteiger partial charge in [0.15, 0.2) is 5.78 Å². The van der Waals surface area contributed by atoms with Crippen LogP contribution in [0.25, 0.3) is 10.9 Å². The van der Waals surface area contributed by atoms with E-state index in [-0.39, 0.29) is 18.2 Å². The van der Waals surface area contributed by atoms with E-state index in [1.165, 1.54) is 6.92 Å². The van der Waals surface area contributed by atoms with Crippen LogP contribution in [0.4, 0.5) is 5.69 Å². The van der Waals surface area contributed by atoms with Crippen LogP contribution >= 0.6 is 0 Å². The molecule has 1 N–H and O–H groups in total. The van der Waals surface area contributed by atoms with Gasteiger partial charge in [-0.2, -0.15) is 0 Å². The third kappa shape index (κ3) is 3.54. The van der Waals surface area contributed by atoms with Gasteiger partial charge in [-0.15, -0.1) is 0 Å². The van der Waals surface area contributed by atoms with Crippen molar-refractivity contribution in [2.45, 2.75) is 13.5 Å². The number of benzene rings is 2. The van der Waals surface area contributed by atoms with Gasteiger partial charge in [-0.05, 0) is 25.1 Å². The Morgan fingerprint density at radius 3 is 2.58 bits per heavy atom. The molecule has 26 heavy (non-hydrogen) atoms. The first-order valence-corrected chi connectivity index (χ1v) is 8.13. The van der Waals surface area contributed by atoms with E-state index in [2.05, 4.69) is 5.32 Å². The molecule has 0 fully saturated rings. The Labute approximate surface area is 151 Å². The molecule has 6 nitrogen and oxygen atoms in total. The van der Waals surface area contributed by atoms with Crippen LogP contribution < -0.4 is 14.8 Å². The van der Waals surface area contributed by atoms with Crippen molar-refractivity contribution in [2.24, 2.45) is 0 Å². The summed E-state index contributed by atoms with van der Waals surface area (Å²) in [6.07, 6.45) is 1.83. The van der Waals surface area contributed by atoms with Gasteiger partial charge in [0.2, 0.25) is 5.91 Å². The molecule has 0 unspecified atom stereocenters. The van der Waals surface area contributed by atoms with Gasteiger partial charge in [0.25, 0.3) is 0 Å². The number of amides is 1. The summed E-state index contributed by atoms with van der Waals surface area (Å²) < 4.78 is 12.5. The second-order valence-electron chi connectivity index (χ2n) is 5.89. The number of hydrogen-bond donors (Lipinski definition) is 1. The van der Waals surface area contributed by atoms with Crippen LogP contribution in [-0.4, -0.2) is 30.5 Å². The fraction of sp³-hybridized carbons (Fsp3) is 0.200. The van der Waals surface area contributed by atoms with E-state index in [1.807, 2.05) is 22.9 Å². The molecule has 1 aromatic heterocycles. The summed E-state index contributed by atoms with van der Waals surface area (Å²) in [5.74, 6) is 1.11. The second-order valence-corrected chi connectivity index (χ2v) is 5.89. The highest BCUT2D eigenvalue weighted by Crippen LogP contribution is 2.31. The lowest BCUT2D eigenvalue weighted by Crippen LogP contribution is -2.18. The standard InChI is InChI=1S/C20H20N2O4/c1-13(23)14-5-4-6-15(9-14)21-20(24)12-22-8-7-17-18(22)10-16(25-2)11-19(17)26-3/h4-11H,12H2,1-3H3,(H,21,24). The molecule has 0 radical (unpaired) electrons. The number of carbonyl (C=O) groups is 2. The molecular formula is C20H20N2O4. The monoisotopic (exact) mass is 352 g/mol. The first-order chi connectivity index (χ1) is 12.5. The third-order valence-electron chi connectivity index (χ3n) is 4.15. The molecule has 0 atom stereocenters. The van der Waals surface area contributed by atoms with Gasteiger partial charge < -0.3 is 19.4 Å². The number of Topliss-reactive ketones (excluding diaryl/α,β-unsaturated/α-hetero) is 1. The molecule has 3 rings (SSSR count). The van der Waals surface area contributed by atoms with Gasteiger partial charge in [-0.25, -0.2) is 0 Å². The molecule has 0 aliphatic carbocycles. The highest BCUT2D eigenvalue weighted by molar-refractivity contribution is 5.97. The summed E-state index contributed by atoms with van der Waals surface area (Å²) in [5.41, 5.74) is 1.99. The SMILES string of the molecule is COc1cc(OC)c2ccn(CC(=O)Nc3cccc(C(C)=O)c3)c2c1. The number of ether oxygens (including phenoxy) is 2. The van der Waals surface area contributed by atoms with E-state index in [0.717, 1.165) is 10.9 Å². The molecule has 0 bridgehead atoms. The molecule has 1 amide bonds. The fourth-order valence-electron chi connectivity index (χ4n) is 2.83. The fourth-order valence-corrected chi connectivity index (χ4v) is 2.83. The Morgan fingerprint density at radius 2 is 1.88 bits per heavy atom. The molecule has 6 heteroatoms. The third-order valence-corrected chi connectivity index (χ3v) is 4.15. The molecule has 0 saturated carbocycles. The lowest BCUT2D eigenvalue weighted by molar-refractivity contribution is -0.116. The Balaban J connectivity index is 1.83. The van der Waals surface area contributed by atoms with E-state index >= 15 is 0 Å². The Hall–Kier alpha value is -3.28. The van der Waals surface area contributed by atoms with E-state index in [4.69, 9.17) is 9.47 Å². The van der Waals surface area contributed by atoms with Crippen LogP contribution in [0.5, 0.6) is 11.5 Å². The molecular weight excluding hydrogens is 332 g/mol. The molecule has 0 saturated heterocycles. The number of nitrogens with zero attached hydrogens (tertiary/aromatic N) is 1. The quantitative estimate of drug-likeness (QED) is 0.690. The van der Waals surface area contributed by atoms with Gasteiger partial charge >= 0.3 is 0 Å². The minimum atomic E-state index is -0.190. The number of hydrogen-bond acceptors (Lipinski definition) is 4. The number of fused-ring (bicyclic) bond motifs is 1. The smallest absolute Gasteiger partial charge is 0.244 e. The van der Waals surface area contributed by atoms with Gasteiger partial charge in [0, 0.05) is 35.0 Å². The highest BCUT2D eigenvalue weighted by atomic mass is 16.5. The van der Waals surface area contributed by atoms with Crippen molar-refractivity contribution in [3.05, 3.63) is 54.2 Å². The molecule has 0 aliphatic heterocycles. The lowest BCUT2D eigenvalue weighted by atomic mass is 10.1. The Bertz CT molecular complexity index is 975. The van der Waals surface area contributed by atoms with Gasteiger partial charge in [0.1, 0.15) is 18.0 Å². The number of rotatable bonds is 6. The minimum Gasteiger partial charge on any atom is -0.497 e. The van der Waals surface area contributed by atoms with Gasteiger partial charge in [0.05, 0.1) is 19.7 Å². The second kappa shape index (κ2) is 7.31. The Kier molecular flexibility index (Phi) is 4.93. The van der Waals surface area contributed by atoms with Gasteiger partial charge in [-0.3, -0.25) is 9.59 Å². The van der Waals surface area contributed by atoms with Crippen molar-refractivity contribution < 1.29 is 19.1 Å². The van der Waals surface area contributed by atoms with Crippen molar-refractivity contribution in [3.8, 4) is 11.5 Å².